The molecule has 1 aromatic carbocycles. The van der Waals surface area contributed by atoms with Gasteiger partial charge in [0.25, 0.3) is 0 Å². The number of amides is 1. The topological polar surface area (TPSA) is 49.8 Å². The summed E-state index contributed by atoms with van der Waals surface area (Å²) in [5.41, 5.74) is 1.81. The maximum absolute atomic E-state index is 12.2. The fraction of sp³-hybridized carbons (Fsp3) is 0.588. The summed E-state index contributed by atoms with van der Waals surface area (Å²) < 4.78 is 5.46. The summed E-state index contributed by atoms with van der Waals surface area (Å²) in [5, 5.41) is 9.29. The van der Waals surface area contributed by atoms with Crippen molar-refractivity contribution in [2.45, 2.75) is 44.8 Å². The molecule has 2 aliphatic rings. The van der Waals surface area contributed by atoms with Crippen LogP contribution in [-0.4, -0.2) is 34.8 Å². The molecule has 1 amide bonds. The third-order valence-electron chi connectivity index (χ3n) is 4.48. The van der Waals surface area contributed by atoms with Gasteiger partial charge in [-0.1, -0.05) is 24.3 Å². The van der Waals surface area contributed by atoms with Crippen LogP contribution in [0.25, 0.3) is 0 Å². The van der Waals surface area contributed by atoms with Gasteiger partial charge in [-0.05, 0) is 44.2 Å². The second-order valence-corrected chi connectivity index (χ2v) is 7.28. The Morgan fingerprint density at radius 2 is 2.24 bits per heavy atom. The highest BCUT2D eigenvalue weighted by Crippen LogP contribution is 2.59. The van der Waals surface area contributed by atoms with E-state index in [1.165, 1.54) is 5.56 Å². The summed E-state index contributed by atoms with van der Waals surface area (Å²) in [7, 11) is 0. The third kappa shape index (κ3) is 2.64. The SMILES string of the molecule is CC(C)(C)OC(=O)N1CC2CC2(c2cccc(CO)c2)C1. The maximum Gasteiger partial charge on any atom is 0.410 e. The molecule has 1 saturated carbocycles. The molecule has 0 radical (unpaired) electrons. The number of likely N-dealkylation sites (tertiary alicyclic amines) is 1. The van der Waals surface area contributed by atoms with Gasteiger partial charge in [-0.15, -0.1) is 0 Å². The van der Waals surface area contributed by atoms with Crippen molar-refractivity contribution >= 4 is 6.09 Å². The molecular weight excluding hydrogens is 266 g/mol. The zero-order chi connectivity index (χ0) is 15.3. The Balaban J connectivity index is 1.73. The van der Waals surface area contributed by atoms with Crippen LogP contribution in [0.4, 0.5) is 4.79 Å². The number of fused-ring (bicyclic) bond motifs is 1. The van der Waals surface area contributed by atoms with E-state index in [1.807, 2.05) is 37.8 Å². The number of hydrogen-bond acceptors (Lipinski definition) is 3. The lowest BCUT2D eigenvalue weighted by molar-refractivity contribution is 0.0270. The quantitative estimate of drug-likeness (QED) is 0.910. The molecule has 4 heteroatoms. The number of nitrogens with zero attached hydrogens (tertiary/aromatic N) is 1. The van der Waals surface area contributed by atoms with Crippen LogP contribution in [-0.2, 0) is 16.8 Å². The number of aliphatic hydroxyl groups is 1. The lowest BCUT2D eigenvalue weighted by Gasteiger charge is -2.26. The number of carbonyl (C=O) groups is 1. The standard InChI is InChI=1S/C17H23NO3/c1-16(2,3)21-15(20)18-9-14-8-17(14,11-18)13-6-4-5-12(7-13)10-19/h4-7,14,19H,8-11H2,1-3H3. The van der Waals surface area contributed by atoms with Crippen LogP contribution in [0, 0.1) is 5.92 Å². The van der Waals surface area contributed by atoms with Gasteiger partial charge in [0, 0.05) is 18.5 Å². The normalized spacial score (nSPS) is 27.4. The molecule has 0 aromatic heterocycles. The Morgan fingerprint density at radius 1 is 1.48 bits per heavy atom. The summed E-state index contributed by atoms with van der Waals surface area (Å²) in [4.78, 5) is 14.0. The first-order chi connectivity index (χ1) is 9.84. The first-order valence-corrected chi connectivity index (χ1v) is 7.52. The first kappa shape index (κ1) is 14.4. The summed E-state index contributed by atoms with van der Waals surface area (Å²) in [6.45, 7) is 7.23. The van der Waals surface area contributed by atoms with Crippen LogP contribution in [0.5, 0.6) is 0 Å². The van der Waals surface area contributed by atoms with E-state index in [2.05, 4.69) is 12.1 Å². The van der Waals surface area contributed by atoms with Gasteiger partial charge in [0.2, 0.25) is 0 Å². The number of piperidine rings is 1. The van der Waals surface area contributed by atoms with Gasteiger partial charge in [0.05, 0.1) is 6.61 Å². The van der Waals surface area contributed by atoms with Crippen LogP contribution < -0.4 is 0 Å². The number of hydrogen-bond donors (Lipinski definition) is 1. The number of aliphatic hydroxyl groups excluding tert-OH is 1. The molecule has 4 nitrogen and oxygen atoms in total. The van der Waals surface area contributed by atoms with Gasteiger partial charge in [-0.2, -0.15) is 0 Å². The zero-order valence-electron chi connectivity index (χ0n) is 12.9. The van der Waals surface area contributed by atoms with Crippen molar-refractivity contribution in [1.82, 2.24) is 4.90 Å². The highest BCUT2D eigenvalue weighted by atomic mass is 16.6. The minimum absolute atomic E-state index is 0.0599. The molecule has 1 aromatic rings. The summed E-state index contributed by atoms with van der Waals surface area (Å²) in [6, 6.07) is 8.09. The van der Waals surface area contributed by atoms with E-state index in [0.29, 0.717) is 5.92 Å². The van der Waals surface area contributed by atoms with Crippen molar-refractivity contribution in [2.24, 2.45) is 5.92 Å². The summed E-state index contributed by atoms with van der Waals surface area (Å²) >= 11 is 0. The van der Waals surface area contributed by atoms with E-state index in [-0.39, 0.29) is 18.1 Å². The van der Waals surface area contributed by atoms with E-state index in [9.17, 15) is 9.90 Å². The van der Waals surface area contributed by atoms with E-state index < -0.39 is 5.60 Å². The molecule has 1 N–H and O–H groups in total. The zero-order valence-corrected chi connectivity index (χ0v) is 12.9. The Labute approximate surface area is 125 Å². The van der Waals surface area contributed by atoms with Crippen molar-refractivity contribution < 1.29 is 14.6 Å². The van der Waals surface area contributed by atoms with Gasteiger partial charge in [0.1, 0.15) is 5.60 Å². The average molecular weight is 289 g/mol. The fourth-order valence-corrected chi connectivity index (χ4v) is 3.37. The molecule has 1 aliphatic carbocycles. The van der Waals surface area contributed by atoms with E-state index >= 15 is 0 Å². The fourth-order valence-electron chi connectivity index (χ4n) is 3.37. The van der Waals surface area contributed by atoms with Crippen molar-refractivity contribution in [1.29, 1.82) is 0 Å². The monoisotopic (exact) mass is 289 g/mol. The van der Waals surface area contributed by atoms with Crippen LogP contribution in [0.1, 0.15) is 38.3 Å². The first-order valence-electron chi connectivity index (χ1n) is 7.52. The molecule has 1 heterocycles. The molecule has 0 bridgehead atoms. The van der Waals surface area contributed by atoms with Crippen molar-refractivity contribution in [3.63, 3.8) is 0 Å². The molecular formula is C17H23NO3. The molecule has 0 spiro atoms. The minimum Gasteiger partial charge on any atom is -0.444 e. The predicted molar refractivity (Wildman–Crippen MR) is 80.0 cm³/mol. The summed E-state index contributed by atoms with van der Waals surface area (Å²) in [5.74, 6) is 0.527. The van der Waals surface area contributed by atoms with E-state index in [0.717, 1.165) is 25.1 Å². The number of benzene rings is 1. The smallest absolute Gasteiger partial charge is 0.410 e. The van der Waals surface area contributed by atoms with Gasteiger partial charge in [-0.25, -0.2) is 4.79 Å². The molecule has 3 rings (SSSR count). The van der Waals surface area contributed by atoms with Crippen LogP contribution >= 0.6 is 0 Å². The molecule has 21 heavy (non-hydrogen) atoms. The van der Waals surface area contributed by atoms with Gasteiger partial charge in [-0.3, -0.25) is 0 Å². The van der Waals surface area contributed by atoms with Crippen LogP contribution in [0.2, 0.25) is 0 Å². The predicted octanol–water partition coefficient (Wildman–Crippen LogP) is 2.69. The highest BCUT2D eigenvalue weighted by molar-refractivity contribution is 5.69. The Hall–Kier alpha value is -1.55. The molecule has 114 valence electrons. The minimum atomic E-state index is -0.451. The second-order valence-electron chi connectivity index (χ2n) is 7.28. The second kappa shape index (κ2) is 4.73. The number of rotatable bonds is 2. The van der Waals surface area contributed by atoms with E-state index in [1.54, 1.807) is 0 Å². The molecule has 2 fully saturated rings. The van der Waals surface area contributed by atoms with Crippen molar-refractivity contribution in [3.05, 3.63) is 35.4 Å². The molecule has 1 aliphatic heterocycles. The van der Waals surface area contributed by atoms with Gasteiger partial charge in [0.15, 0.2) is 0 Å². The van der Waals surface area contributed by atoms with Crippen molar-refractivity contribution in [2.75, 3.05) is 13.1 Å². The lowest BCUT2D eigenvalue weighted by atomic mass is 9.93. The van der Waals surface area contributed by atoms with E-state index in [4.69, 9.17) is 4.74 Å². The lowest BCUT2D eigenvalue weighted by Crippen LogP contribution is -2.37. The molecule has 1 saturated heterocycles. The van der Waals surface area contributed by atoms with Gasteiger partial charge >= 0.3 is 6.09 Å². The number of carbonyl (C=O) groups excluding carboxylic acids is 1. The molecule has 2 atom stereocenters. The third-order valence-corrected chi connectivity index (χ3v) is 4.48. The van der Waals surface area contributed by atoms with Crippen molar-refractivity contribution in [3.8, 4) is 0 Å². The van der Waals surface area contributed by atoms with Gasteiger partial charge < -0.3 is 14.7 Å². The van der Waals surface area contributed by atoms with Crippen LogP contribution in [0.3, 0.4) is 0 Å². The Bertz CT molecular complexity index is 563. The Kier molecular flexibility index (Phi) is 3.24. The highest BCUT2D eigenvalue weighted by Gasteiger charge is 2.62. The summed E-state index contributed by atoms with van der Waals surface area (Å²) in [6.07, 6.45) is 0.911. The Morgan fingerprint density at radius 3 is 2.90 bits per heavy atom. The maximum atomic E-state index is 12.2. The number of ether oxygens (including phenoxy) is 1. The average Bonchev–Trinajstić information content (AvgIpc) is 2.99. The molecule has 2 unspecified atom stereocenters. The van der Waals surface area contributed by atoms with Crippen LogP contribution in [0.15, 0.2) is 24.3 Å². The largest absolute Gasteiger partial charge is 0.444 e.